The minimum atomic E-state index is 0.748. The van der Waals surface area contributed by atoms with Crippen LogP contribution in [-0.4, -0.2) is 12.6 Å². The maximum Gasteiger partial charge on any atom is 0.00669 e. The normalized spacial score (nSPS) is 20.8. The highest BCUT2D eigenvalue weighted by molar-refractivity contribution is 4.75. The van der Waals surface area contributed by atoms with Crippen molar-refractivity contribution in [1.29, 1.82) is 0 Å². The predicted molar refractivity (Wildman–Crippen MR) is 68.1 cm³/mol. The highest BCUT2D eigenvalue weighted by atomic mass is 14.9. The number of nitrogens with one attached hydrogen (secondary N) is 1. The van der Waals surface area contributed by atoms with Gasteiger partial charge in [0.2, 0.25) is 0 Å². The molecule has 0 aromatic heterocycles. The summed E-state index contributed by atoms with van der Waals surface area (Å²) in [6, 6.07) is 0.748. The molecule has 0 spiro atoms. The molecule has 15 heavy (non-hydrogen) atoms. The molecule has 1 aliphatic rings. The fraction of sp³-hybridized carbons (Fsp3) is 1.00. The fourth-order valence-corrected chi connectivity index (χ4v) is 2.64. The van der Waals surface area contributed by atoms with E-state index in [1.165, 1.54) is 51.5 Å². The van der Waals surface area contributed by atoms with Gasteiger partial charge in [-0.2, -0.15) is 0 Å². The lowest BCUT2D eigenvalue weighted by Gasteiger charge is -2.28. The van der Waals surface area contributed by atoms with Crippen molar-refractivity contribution in [2.45, 2.75) is 71.8 Å². The van der Waals surface area contributed by atoms with Gasteiger partial charge in [0.25, 0.3) is 0 Å². The third-order valence-corrected chi connectivity index (χ3v) is 3.78. The van der Waals surface area contributed by atoms with Crippen molar-refractivity contribution < 1.29 is 0 Å². The van der Waals surface area contributed by atoms with Crippen LogP contribution in [0.4, 0.5) is 0 Å². The van der Waals surface area contributed by atoms with Gasteiger partial charge in [-0.05, 0) is 51.0 Å². The molecule has 1 saturated carbocycles. The van der Waals surface area contributed by atoms with Crippen LogP contribution in [0.25, 0.3) is 0 Å². The molecular formula is C14H29N. The van der Waals surface area contributed by atoms with Crippen molar-refractivity contribution in [1.82, 2.24) is 5.32 Å². The van der Waals surface area contributed by atoms with Gasteiger partial charge in [-0.25, -0.2) is 0 Å². The van der Waals surface area contributed by atoms with Crippen LogP contribution in [0.3, 0.4) is 0 Å². The van der Waals surface area contributed by atoms with E-state index in [0.717, 1.165) is 17.9 Å². The minimum absolute atomic E-state index is 0.748. The molecule has 0 aromatic rings. The zero-order valence-corrected chi connectivity index (χ0v) is 10.9. The average molecular weight is 211 g/mol. The molecule has 90 valence electrons. The van der Waals surface area contributed by atoms with Gasteiger partial charge in [0, 0.05) is 6.04 Å². The largest absolute Gasteiger partial charge is 0.314 e. The average Bonchev–Trinajstić information content (AvgIpc) is 2.25. The van der Waals surface area contributed by atoms with E-state index in [0.29, 0.717) is 0 Å². The van der Waals surface area contributed by atoms with Gasteiger partial charge in [-0.3, -0.25) is 0 Å². The second-order valence-corrected chi connectivity index (χ2v) is 5.68. The van der Waals surface area contributed by atoms with Gasteiger partial charge in [-0.15, -0.1) is 0 Å². The van der Waals surface area contributed by atoms with Crippen LogP contribution in [0.2, 0.25) is 0 Å². The molecule has 0 unspecified atom stereocenters. The van der Waals surface area contributed by atoms with E-state index in [1.807, 2.05) is 0 Å². The molecule has 1 rings (SSSR count). The van der Waals surface area contributed by atoms with Crippen molar-refractivity contribution in [2.24, 2.45) is 11.8 Å². The first-order valence-corrected chi connectivity index (χ1v) is 6.93. The van der Waals surface area contributed by atoms with Crippen LogP contribution >= 0.6 is 0 Å². The molecule has 0 amide bonds. The second-order valence-electron chi connectivity index (χ2n) is 5.68. The molecule has 0 saturated heterocycles. The third-order valence-electron chi connectivity index (χ3n) is 3.78. The lowest BCUT2D eigenvalue weighted by molar-refractivity contribution is 0.280. The smallest absolute Gasteiger partial charge is 0.00669 e. The summed E-state index contributed by atoms with van der Waals surface area (Å²) in [5, 5.41) is 3.71. The Kier molecular flexibility index (Phi) is 6.31. The second kappa shape index (κ2) is 7.27. The van der Waals surface area contributed by atoms with Gasteiger partial charge >= 0.3 is 0 Å². The van der Waals surface area contributed by atoms with Crippen molar-refractivity contribution in [3.05, 3.63) is 0 Å². The molecule has 1 N–H and O–H groups in total. The van der Waals surface area contributed by atoms with Gasteiger partial charge in [-0.1, -0.05) is 33.1 Å². The Morgan fingerprint density at radius 2 is 1.73 bits per heavy atom. The van der Waals surface area contributed by atoms with E-state index in [4.69, 9.17) is 0 Å². The van der Waals surface area contributed by atoms with Crippen LogP contribution in [0.5, 0.6) is 0 Å². The molecular weight excluding hydrogens is 182 g/mol. The van der Waals surface area contributed by atoms with E-state index in [-0.39, 0.29) is 0 Å². The summed E-state index contributed by atoms with van der Waals surface area (Å²) < 4.78 is 0. The van der Waals surface area contributed by atoms with Crippen LogP contribution in [0.1, 0.15) is 65.7 Å². The van der Waals surface area contributed by atoms with E-state index in [2.05, 4.69) is 26.1 Å². The SMILES string of the molecule is CC(C)CCCN[C@H](C)C1CCCCC1. The Balaban J connectivity index is 2.04. The summed E-state index contributed by atoms with van der Waals surface area (Å²) >= 11 is 0. The standard InChI is InChI=1S/C14H29N/c1-12(2)8-7-11-15-13(3)14-9-5-4-6-10-14/h12-15H,4-11H2,1-3H3/t13-/m1/s1. The summed E-state index contributed by atoms with van der Waals surface area (Å²) in [5.74, 6) is 1.81. The van der Waals surface area contributed by atoms with Crippen molar-refractivity contribution in [3.63, 3.8) is 0 Å². The molecule has 1 aliphatic carbocycles. The molecule has 0 aromatic carbocycles. The Morgan fingerprint density at radius 3 is 2.33 bits per heavy atom. The molecule has 1 atom stereocenters. The monoisotopic (exact) mass is 211 g/mol. The van der Waals surface area contributed by atoms with E-state index in [1.54, 1.807) is 0 Å². The summed E-state index contributed by atoms with van der Waals surface area (Å²) in [4.78, 5) is 0. The first-order valence-electron chi connectivity index (χ1n) is 6.93. The zero-order valence-electron chi connectivity index (χ0n) is 10.9. The van der Waals surface area contributed by atoms with E-state index < -0.39 is 0 Å². The van der Waals surface area contributed by atoms with Crippen LogP contribution < -0.4 is 5.32 Å². The minimum Gasteiger partial charge on any atom is -0.314 e. The Hall–Kier alpha value is -0.0400. The Morgan fingerprint density at radius 1 is 1.07 bits per heavy atom. The number of hydrogen-bond donors (Lipinski definition) is 1. The van der Waals surface area contributed by atoms with Gasteiger partial charge in [0.15, 0.2) is 0 Å². The first-order chi connectivity index (χ1) is 7.20. The van der Waals surface area contributed by atoms with Gasteiger partial charge in [0.1, 0.15) is 0 Å². The topological polar surface area (TPSA) is 12.0 Å². The van der Waals surface area contributed by atoms with Crippen LogP contribution in [0, 0.1) is 11.8 Å². The fourth-order valence-electron chi connectivity index (χ4n) is 2.64. The first kappa shape index (κ1) is 13.0. The summed E-state index contributed by atoms with van der Waals surface area (Å²) in [5.41, 5.74) is 0. The van der Waals surface area contributed by atoms with Crippen molar-refractivity contribution in [2.75, 3.05) is 6.54 Å². The summed E-state index contributed by atoms with van der Waals surface area (Å²) in [6.07, 6.45) is 10.0. The van der Waals surface area contributed by atoms with Crippen molar-refractivity contribution >= 4 is 0 Å². The van der Waals surface area contributed by atoms with E-state index >= 15 is 0 Å². The van der Waals surface area contributed by atoms with Crippen molar-refractivity contribution in [3.8, 4) is 0 Å². The molecule has 1 fully saturated rings. The number of rotatable bonds is 6. The molecule has 0 heterocycles. The van der Waals surface area contributed by atoms with E-state index in [9.17, 15) is 0 Å². The Bertz CT molecular complexity index is 147. The molecule has 0 aliphatic heterocycles. The third kappa shape index (κ3) is 5.55. The molecule has 1 nitrogen and oxygen atoms in total. The van der Waals surface area contributed by atoms with Gasteiger partial charge < -0.3 is 5.32 Å². The lowest BCUT2D eigenvalue weighted by Crippen LogP contribution is -2.35. The van der Waals surface area contributed by atoms with Crippen LogP contribution in [-0.2, 0) is 0 Å². The quantitative estimate of drug-likeness (QED) is 0.655. The van der Waals surface area contributed by atoms with Crippen LogP contribution in [0.15, 0.2) is 0 Å². The maximum atomic E-state index is 3.71. The summed E-state index contributed by atoms with van der Waals surface area (Å²) in [6.45, 7) is 8.22. The summed E-state index contributed by atoms with van der Waals surface area (Å²) in [7, 11) is 0. The Labute approximate surface area is 96.0 Å². The predicted octanol–water partition coefficient (Wildman–Crippen LogP) is 3.98. The highest BCUT2D eigenvalue weighted by Crippen LogP contribution is 2.26. The highest BCUT2D eigenvalue weighted by Gasteiger charge is 2.18. The molecule has 0 bridgehead atoms. The molecule has 1 heteroatoms. The molecule has 0 radical (unpaired) electrons. The van der Waals surface area contributed by atoms with Gasteiger partial charge in [0.05, 0.1) is 0 Å². The maximum absolute atomic E-state index is 3.71. The zero-order chi connectivity index (χ0) is 11.1. The lowest BCUT2D eigenvalue weighted by atomic mass is 9.84. The number of hydrogen-bond acceptors (Lipinski definition) is 1.